The molecule has 0 aromatic heterocycles. The van der Waals surface area contributed by atoms with Crippen LogP contribution in [0.3, 0.4) is 0 Å². The molecule has 1 aromatic rings. The van der Waals surface area contributed by atoms with E-state index < -0.39 is 0 Å². The Bertz CT molecular complexity index is 343. The largest absolute Gasteiger partial charge is 0.394 e. The number of nitrogens with zero attached hydrogens (tertiary/aromatic N) is 1. The topological polar surface area (TPSA) is 35.5 Å². The Kier molecular flexibility index (Phi) is 7.82. The van der Waals surface area contributed by atoms with E-state index in [1.165, 1.54) is 12.8 Å². The molecule has 0 aliphatic rings. The first-order valence-corrected chi connectivity index (χ1v) is 7.80. The van der Waals surface area contributed by atoms with Gasteiger partial charge in [0.1, 0.15) is 0 Å². The first-order chi connectivity index (χ1) is 9.72. The second-order valence-corrected chi connectivity index (χ2v) is 5.45. The average Bonchev–Trinajstić information content (AvgIpc) is 2.50. The van der Waals surface area contributed by atoms with Crippen LogP contribution in [0.5, 0.6) is 0 Å². The van der Waals surface area contributed by atoms with Crippen molar-refractivity contribution in [2.24, 2.45) is 0 Å². The highest BCUT2D eigenvalue weighted by Gasteiger charge is 2.29. The number of hydrogen-bond acceptors (Lipinski definition) is 3. The number of hydrogen-bond donors (Lipinski definition) is 2. The fraction of sp³-hybridized carbons (Fsp3) is 0.647. The van der Waals surface area contributed by atoms with Crippen molar-refractivity contribution in [2.45, 2.75) is 38.6 Å². The van der Waals surface area contributed by atoms with Crippen LogP contribution in [0, 0.1) is 0 Å². The Morgan fingerprint density at radius 2 is 1.65 bits per heavy atom. The molecule has 0 aliphatic carbocycles. The predicted octanol–water partition coefficient (Wildman–Crippen LogP) is 2.61. The van der Waals surface area contributed by atoms with Crippen LogP contribution < -0.4 is 5.32 Å². The Hall–Kier alpha value is -0.900. The van der Waals surface area contributed by atoms with E-state index in [1.54, 1.807) is 0 Å². The number of nitrogens with one attached hydrogen (secondary N) is 1. The van der Waals surface area contributed by atoms with Crippen LogP contribution in [0.25, 0.3) is 0 Å². The molecule has 0 heterocycles. The van der Waals surface area contributed by atoms with E-state index in [0.29, 0.717) is 0 Å². The third-order valence-corrected chi connectivity index (χ3v) is 4.01. The summed E-state index contributed by atoms with van der Waals surface area (Å²) in [4.78, 5) is 2.49. The third kappa shape index (κ3) is 4.58. The zero-order chi connectivity index (χ0) is 14.8. The Labute approximate surface area is 124 Å². The predicted molar refractivity (Wildman–Crippen MR) is 85.9 cm³/mol. The Morgan fingerprint density at radius 1 is 1.05 bits per heavy atom. The molecule has 114 valence electrons. The molecule has 0 bridgehead atoms. The fourth-order valence-electron chi connectivity index (χ4n) is 2.74. The maximum absolute atomic E-state index is 9.92. The standard InChI is InChI=1S/C17H30N2O/c1-4-12-19(13-5-2)14-11-17(15-20,18-3)16-9-7-6-8-10-16/h6-10,18,20H,4-5,11-15H2,1-3H3. The highest BCUT2D eigenvalue weighted by atomic mass is 16.3. The van der Waals surface area contributed by atoms with Gasteiger partial charge in [0.15, 0.2) is 0 Å². The molecule has 0 saturated heterocycles. The lowest BCUT2D eigenvalue weighted by Gasteiger charge is -2.34. The molecule has 3 heteroatoms. The summed E-state index contributed by atoms with van der Waals surface area (Å²) in [6.45, 7) is 7.84. The number of aliphatic hydroxyl groups is 1. The molecule has 0 saturated carbocycles. The van der Waals surface area contributed by atoms with E-state index in [0.717, 1.165) is 31.6 Å². The lowest BCUT2D eigenvalue weighted by Crippen LogP contribution is -2.46. The van der Waals surface area contributed by atoms with E-state index >= 15 is 0 Å². The second-order valence-electron chi connectivity index (χ2n) is 5.45. The van der Waals surface area contributed by atoms with Gasteiger partial charge in [0.2, 0.25) is 0 Å². The first kappa shape index (κ1) is 17.2. The van der Waals surface area contributed by atoms with E-state index in [9.17, 15) is 5.11 Å². The van der Waals surface area contributed by atoms with Crippen molar-refractivity contribution < 1.29 is 5.11 Å². The van der Waals surface area contributed by atoms with Crippen molar-refractivity contribution in [1.29, 1.82) is 0 Å². The zero-order valence-electron chi connectivity index (χ0n) is 13.2. The maximum Gasteiger partial charge on any atom is 0.0678 e. The van der Waals surface area contributed by atoms with Crippen molar-refractivity contribution in [2.75, 3.05) is 33.3 Å². The molecule has 3 nitrogen and oxygen atoms in total. The lowest BCUT2D eigenvalue weighted by atomic mass is 9.87. The molecule has 1 rings (SSSR count). The summed E-state index contributed by atoms with van der Waals surface area (Å²) in [6, 6.07) is 10.3. The highest BCUT2D eigenvalue weighted by Crippen LogP contribution is 2.24. The minimum atomic E-state index is -0.332. The second kappa shape index (κ2) is 9.11. The smallest absolute Gasteiger partial charge is 0.0678 e. The number of likely N-dealkylation sites (N-methyl/N-ethyl adjacent to an activating group) is 1. The van der Waals surface area contributed by atoms with Crippen LogP contribution in [0.15, 0.2) is 30.3 Å². The summed E-state index contributed by atoms with van der Waals surface area (Å²) in [6.07, 6.45) is 3.28. The fourth-order valence-corrected chi connectivity index (χ4v) is 2.74. The van der Waals surface area contributed by atoms with Crippen LogP contribution in [0.2, 0.25) is 0 Å². The molecule has 1 aromatic carbocycles. The van der Waals surface area contributed by atoms with Gasteiger partial charge >= 0.3 is 0 Å². The van der Waals surface area contributed by atoms with Crippen LogP contribution in [-0.4, -0.2) is 43.3 Å². The van der Waals surface area contributed by atoms with Gasteiger partial charge in [-0.15, -0.1) is 0 Å². The first-order valence-electron chi connectivity index (χ1n) is 7.80. The molecule has 0 radical (unpaired) electrons. The third-order valence-electron chi connectivity index (χ3n) is 4.01. The minimum absolute atomic E-state index is 0.125. The summed E-state index contributed by atoms with van der Waals surface area (Å²) >= 11 is 0. The van der Waals surface area contributed by atoms with Crippen molar-refractivity contribution in [3.05, 3.63) is 35.9 Å². The Morgan fingerprint density at radius 3 is 2.10 bits per heavy atom. The number of benzene rings is 1. The maximum atomic E-state index is 9.92. The summed E-state index contributed by atoms with van der Waals surface area (Å²) in [5.41, 5.74) is 0.832. The van der Waals surface area contributed by atoms with Gasteiger partial charge in [-0.1, -0.05) is 44.2 Å². The molecule has 2 N–H and O–H groups in total. The quantitative estimate of drug-likeness (QED) is 0.690. The van der Waals surface area contributed by atoms with Gasteiger partial charge in [0, 0.05) is 6.54 Å². The van der Waals surface area contributed by atoms with Gasteiger partial charge in [-0.05, 0) is 45.0 Å². The molecule has 1 atom stereocenters. The van der Waals surface area contributed by atoms with Gasteiger partial charge in [-0.3, -0.25) is 0 Å². The van der Waals surface area contributed by atoms with Crippen LogP contribution >= 0.6 is 0 Å². The minimum Gasteiger partial charge on any atom is -0.394 e. The van der Waals surface area contributed by atoms with E-state index in [2.05, 4.69) is 36.2 Å². The van der Waals surface area contributed by atoms with Gasteiger partial charge in [0.25, 0.3) is 0 Å². The average molecular weight is 278 g/mol. The van der Waals surface area contributed by atoms with Gasteiger partial charge in [0.05, 0.1) is 12.1 Å². The van der Waals surface area contributed by atoms with Crippen molar-refractivity contribution in [3.63, 3.8) is 0 Å². The van der Waals surface area contributed by atoms with E-state index in [-0.39, 0.29) is 12.1 Å². The molecular weight excluding hydrogens is 248 g/mol. The summed E-state index contributed by atoms with van der Waals surface area (Å²) < 4.78 is 0. The summed E-state index contributed by atoms with van der Waals surface area (Å²) in [7, 11) is 1.94. The van der Waals surface area contributed by atoms with Gasteiger partial charge < -0.3 is 15.3 Å². The van der Waals surface area contributed by atoms with Crippen molar-refractivity contribution in [3.8, 4) is 0 Å². The summed E-state index contributed by atoms with van der Waals surface area (Å²) in [5.74, 6) is 0. The molecule has 0 fully saturated rings. The van der Waals surface area contributed by atoms with E-state index in [4.69, 9.17) is 0 Å². The van der Waals surface area contributed by atoms with Crippen LogP contribution in [0.1, 0.15) is 38.7 Å². The monoisotopic (exact) mass is 278 g/mol. The molecular formula is C17H30N2O. The SMILES string of the molecule is CCCN(CCC)CCC(CO)(NC)c1ccccc1. The van der Waals surface area contributed by atoms with Gasteiger partial charge in [-0.2, -0.15) is 0 Å². The van der Waals surface area contributed by atoms with E-state index in [1.807, 2.05) is 25.2 Å². The van der Waals surface area contributed by atoms with Crippen LogP contribution in [-0.2, 0) is 5.54 Å². The summed E-state index contributed by atoms with van der Waals surface area (Å²) in [5, 5.41) is 13.3. The van der Waals surface area contributed by atoms with Crippen LogP contribution in [0.4, 0.5) is 0 Å². The molecule has 0 spiro atoms. The zero-order valence-corrected chi connectivity index (χ0v) is 13.2. The van der Waals surface area contributed by atoms with Crippen molar-refractivity contribution in [1.82, 2.24) is 10.2 Å². The lowest BCUT2D eigenvalue weighted by molar-refractivity contribution is 0.138. The molecule has 20 heavy (non-hydrogen) atoms. The number of rotatable bonds is 10. The van der Waals surface area contributed by atoms with Crippen molar-refractivity contribution >= 4 is 0 Å². The molecule has 1 unspecified atom stereocenters. The highest BCUT2D eigenvalue weighted by molar-refractivity contribution is 5.24. The normalized spacial score (nSPS) is 14.4. The molecule has 0 amide bonds. The number of aliphatic hydroxyl groups excluding tert-OH is 1. The Balaban J connectivity index is 2.76. The molecule has 0 aliphatic heterocycles. The van der Waals surface area contributed by atoms with Gasteiger partial charge in [-0.25, -0.2) is 0 Å².